The first-order valence-corrected chi connectivity index (χ1v) is 10.4. The summed E-state index contributed by atoms with van der Waals surface area (Å²) in [6, 6.07) is 20.9. The van der Waals surface area contributed by atoms with Crippen LogP contribution in [0.25, 0.3) is 0 Å². The lowest BCUT2D eigenvalue weighted by atomic mass is 10.1. The van der Waals surface area contributed by atoms with E-state index in [2.05, 4.69) is 10.6 Å². The molecule has 2 amide bonds. The number of nitrogens with one attached hydrogen (secondary N) is 2. The zero-order chi connectivity index (χ0) is 20.8. The quantitative estimate of drug-likeness (QED) is 0.526. The molecule has 0 unspecified atom stereocenters. The van der Waals surface area contributed by atoms with Gasteiger partial charge in [0.2, 0.25) is 5.91 Å². The Morgan fingerprint density at radius 2 is 1.55 bits per heavy atom. The topological polar surface area (TPSA) is 58.2 Å². The second kappa shape index (κ2) is 9.43. The molecule has 2 N–H and O–H groups in total. The summed E-state index contributed by atoms with van der Waals surface area (Å²) in [5.41, 5.74) is 5.41. The number of benzene rings is 3. The Morgan fingerprint density at radius 1 is 0.828 bits per heavy atom. The standard InChI is InChI=1S/C24H24N2O2S/c1-16-8-11-19(12-9-16)24(28)25-20-5-4-6-21(14-20)29-15-23(27)26-22-13-17(2)7-10-18(22)3/h4-14H,15H2,1-3H3,(H,25,28)(H,26,27). The zero-order valence-corrected chi connectivity index (χ0v) is 17.6. The molecule has 0 fully saturated rings. The molecule has 3 aromatic rings. The molecule has 0 aromatic heterocycles. The lowest BCUT2D eigenvalue weighted by Crippen LogP contribution is -2.15. The van der Waals surface area contributed by atoms with Gasteiger partial charge in [0.1, 0.15) is 0 Å². The Morgan fingerprint density at radius 3 is 2.31 bits per heavy atom. The summed E-state index contributed by atoms with van der Waals surface area (Å²) in [6.07, 6.45) is 0. The molecule has 0 aliphatic carbocycles. The van der Waals surface area contributed by atoms with Crippen molar-refractivity contribution in [2.75, 3.05) is 16.4 Å². The van der Waals surface area contributed by atoms with Crippen molar-refractivity contribution in [3.8, 4) is 0 Å². The maximum Gasteiger partial charge on any atom is 0.255 e. The highest BCUT2D eigenvalue weighted by Gasteiger charge is 2.09. The molecule has 3 aromatic carbocycles. The molecule has 0 saturated carbocycles. The second-order valence-electron chi connectivity index (χ2n) is 7.00. The van der Waals surface area contributed by atoms with Crippen molar-refractivity contribution in [3.63, 3.8) is 0 Å². The van der Waals surface area contributed by atoms with E-state index in [9.17, 15) is 9.59 Å². The van der Waals surface area contributed by atoms with Crippen molar-refractivity contribution in [2.24, 2.45) is 0 Å². The molecule has 0 aliphatic rings. The van der Waals surface area contributed by atoms with Gasteiger partial charge in [-0.05, 0) is 68.3 Å². The first kappa shape index (κ1) is 20.7. The van der Waals surface area contributed by atoms with Gasteiger partial charge in [-0.15, -0.1) is 11.8 Å². The van der Waals surface area contributed by atoms with Gasteiger partial charge in [-0.25, -0.2) is 0 Å². The molecule has 5 heteroatoms. The summed E-state index contributed by atoms with van der Waals surface area (Å²) in [5, 5.41) is 5.87. The van der Waals surface area contributed by atoms with Crippen LogP contribution in [-0.4, -0.2) is 17.6 Å². The van der Waals surface area contributed by atoms with E-state index >= 15 is 0 Å². The van der Waals surface area contributed by atoms with E-state index in [-0.39, 0.29) is 11.8 Å². The molecule has 29 heavy (non-hydrogen) atoms. The number of aryl methyl sites for hydroxylation is 3. The average Bonchev–Trinajstić information content (AvgIpc) is 2.70. The monoisotopic (exact) mass is 404 g/mol. The van der Waals surface area contributed by atoms with Gasteiger partial charge in [-0.1, -0.05) is 35.9 Å². The van der Waals surface area contributed by atoms with E-state index in [1.165, 1.54) is 11.8 Å². The third kappa shape index (κ3) is 5.96. The summed E-state index contributed by atoms with van der Waals surface area (Å²) < 4.78 is 0. The van der Waals surface area contributed by atoms with Crippen molar-refractivity contribution < 1.29 is 9.59 Å². The Balaban J connectivity index is 1.58. The summed E-state index contributed by atoms with van der Waals surface area (Å²) in [4.78, 5) is 25.6. The van der Waals surface area contributed by atoms with E-state index in [0.29, 0.717) is 17.0 Å². The van der Waals surface area contributed by atoms with E-state index in [1.54, 1.807) is 12.1 Å². The van der Waals surface area contributed by atoms with Gasteiger partial charge >= 0.3 is 0 Å². The van der Waals surface area contributed by atoms with Crippen LogP contribution >= 0.6 is 11.8 Å². The van der Waals surface area contributed by atoms with Gasteiger partial charge < -0.3 is 10.6 Å². The summed E-state index contributed by atoms with van der Waals surface area (Å²) in [6.45, 7) is 5.96. The number of amides is 2. The Labute approximate surface area is 175 Å². The van der Waals surface area contributed by atoms with Crippen LogP contribution in [0.5, 0.6) is 0 Å². The van der Waals surface area contributed by atoms with Gasteiger partial charge in [0.05, 0.1) is 5.75 Å². The van der Waals surface area contributed by atoms with Crippen molar-refractivity contribution >= 4 is 35.0 Å². The van der Waals surface area contributed by atoms with E-state index < -0.39 is 0 Å². The number of thioether (sulfide) groups is 1. The molecule has 0 atom stereocenters. The van der Waals surface area contributed by atoms with Crippen LogP contribution in [0.15, 0.2) is 71.6 Å². The SMILES string of the molecule is Cc1ccc(C(=O)Nc2cccc(SCC(=O)Nc3cc(C)ccc3C)c2)cc1. The summed E-state index contributed by atoms with van der Waals surface area (Å²) in [7, 11) is 0. The van der Waals surface area contributed by atoms with Crippen LogP contribution in [0.1, 0.15) is 27.0 Å². The van der Waals surface area contributed by atoms with Gasteiger partial charge in [-0.3, -0.25) is 9.59 Å². The molecule has 0 spiro atoms. The van der Waals surface area contributed by atoms with Crippen molar-refractivity contribution in [2.45, 2.75) is 25.7 Å². The van der Waals surface area contributed by atoms with E-state index in [0.717, 1.165) is 27.3 Å². The van der Waals surface area contributed by atoms with Crippen LogP contribution in [0.4, 0.5) is 11.4 Å². The predicted octanol–water partition coefficient (Wildman–Crippen LogP) is 5.59. The van der Waals surface area contributed by atoms with Gasteiger partial charge in [0.25, 0.3) is 5.91 Å². The highest BCUT2D eigenvalue weighted by atomic mass is 32.2. The maximum atomic E-state index is 12.4. The Bertz CT molecular complexity index is 1030. The van der Waals surface area contributed by atoms with Crippen LogP contribution < -0.4 is 10.6 Å². The Kier molecular flexibility index (Phi) is 6.73. The lowest BCUT2D eigenvalue weighted by Gasteiger charge is -2.10. The molecule has 0 radical (unpaired) electrons. The maximum absolute atomic E-state index is 12.4. The fraction of sp³-hybridized carbons (Fsp3) is 0.167. The Hall–Kier alpha value is -3.05. The zero-order valence-electron chi connectivity index (χ0n) is 16.8. The van der Waals surface area contributed by atoms with Crippen LogP contribution in [0.2, 0.25) is 0 Å². The molecule has 148 valence electrons. The average molecular weight is 405 g/mol. The van der Waals surface area contributed by atoms with Crippen molar-refractivity contribution in [3.05, 3.63) is 89.0 Å². The second-order valence-corrected chi connectivity index (χ2v) is 8.05. The molecule has 0 bridgehead atoms. The number of hydrogen-bond donors (Lipinski definition) is 2. The highest BCUT2D eigenvalue weighted by Crippen LogP contribution is 2.23. The smallest absolute Gasteiger partial charge is 0.255 e. The number of carbonyl (C=O) groups excluding carboxylic acids is 2. The summed E-state index contributed by atoms with van der Waals surface area (Å²) in [5.74, 6) is 0.0838. The minimum Gasteiger partial charge on any atom is -0.325 e. The molecule has 0 aliphatic heterocycles. The fourth-order valence-electron chi connectivity index (χ4n) is 2.78. The fourth-order valence-corrected chi connectivity index (χ4v) is 3.53. The molecule has 4 nitrogen and oxygen atoms in total. The number of anilines is 2. The van der Waals surface area contributed by atoms with Crippen molar-refractivity contribution in [1.82, 2.24) is 0 Å². The van der Waals surface area contributed by atoms with Crippen LogP contribution in [0, 0.1) is 20.8 Å². The number of hydrogen-bond acceptors (Lipinski definition) is 3. The first-order chi connectivity index (χ1) is 13.9. The molecule has 0 heterocycles. The van der Waals surface area contributed by atoms with Gasteiger partial charge in [-0.2, -0.15) is 0 Å². The summed E-state index contributed by atoms with van der Waals surface area (Å²) >= 11 is 1.43. The minimum absolute atomic E-state index is 0.0576. The number of rotatable bonds is 6. The highest BCUT2D eigenvalue weighted by molar-refractivity contribution is 8.00. The molecule has 3 rings (SSSR count). The van der Waals surface area contributed by atoms with E-state index in [4.69, 9.17) is 0 Å². The van der Waals surface area contributed by atoms with Crippen LogP contribution in [-0.2, 0) is 4.79 Å². The third-order valence-electron chi connectivity index (χ3n) is 4.44. The molecular formula is C24H24N2O2S. The third-order valence-corrected chi connectivity index (χ3v) is 5.44. The van der Waals surface area contributed by atoms with Gasteiger partial charge in [0.15, 0.2) is 0 Å². The molecular weight excluding hydrogens is 380 g/mol. The minimum atomic E-state index is -0.153. The van der Waals surface area contributed by atoms with E-state index in [1.807, 2.05) is 75.4 Å². The predicted molar refractivity (Wildman–Crippen MR) is 121 cm³/mol. The van der Waals surface area contributed by atoms with Crippen molar-refractivity contribution in [1.29, 1.82) is 0 Å². The normalized spacial score (nSPS) is 10.4. The first-order valence-electron chi connectivity index (χ1n) is 9.39. The van der Waals surface area contributed by atoms with Gasteiger partial charge in [0, 0.05) is 21.8 Å². The van der Waals surface area contributed by atoms with Crippen LogP contribution in [0.3, 0.4) is 0 Å². The molecule has 0 saturated heterocycles. The number of carbonyl (C=O) groups is 2. The lowest BCUT2D eigenvalue weighted by molar-refractivity contribution is -0.113. The largest absolute Gasteiger partial charge is 0.325 e.